The maximum atomic E-state index is 11.9. The van der Waals surface area contributed by atoms with Gasteiger partial charge >= 0.3 is 5.97 Å². The number of hydrogen-bond acceptors (Lipinski definition) is 3. The van der Waals surface area contributed by atoms with Gasteiger partial charge in [-0.1, -0.05) is 0 Å². The summed E-state index contributed by atoms with van der Waals surface area (Å²) in [6.07, 6.45) is 0.479. The first kappa shape index (κ1) is 12.6. The van der Waals surface area contributed by atoms with Crippen LogP contribution in [0.15, 0.2) is 15.9 Å². The minimum absolute atomic E-state index is 0.0677. The van der Waals surface area contributed by atoms with Gasteiger partial charge in [0.05, 0.1) is 22.2 Å². The number of carboxylic acid groups (broad SMARTS) is 1. The molecule has 1 N–H and O–H groups in total. The molecule has 1 aliphatic carbocycles. The van der Waals surface area contributed by atoms with Crippen molar-refractivity contribution in [1.29, 1.82) is 0 Å². The lowest BCUT2D eigenvalue weighted by Gasteiger charge is -2.15. The van der Waals surface area contributed by atoms with E-state index >= 15 is 0 Å². The van der Waals surface area contributed by atoms with Crippen LogP contribution in [0, 0.1) is 11.8 Å². The predicted molar refractivity (Wildman–Crippen MR) is 67.7 cm³/mol. The molecule has 0 radical (unpaired) electrons. The summed E-state index contributed by atoms with van der Waals surface area (Å²) < 4.78 is 1.03. The number of halogens is 1. The highest BCUT2D eigenvalue weighted by Crippen LogP contribution is 2.40. The van der Waals surface area contributed by atoms with E-state index in [0.29, 0.717) is 13.0 Å². The van der Waals surface area contributed by atoms with Crippen LogP contribution < -0.4 is 0 Å². The third-order valence-corrected chi connectivity index (χ3v) is 4.43. The van der Waals surface area contributed by atoms with Crippen molar-refractivity contribution in [3.8, 4) is 0 Å². The van der Waals surface area contributed by atoms with Gasteiger partial charge in [-0.15, -0.1) is 11.3 Å². The van der Waals surface area contributed by atoms with Crippen molar-refractivity contribution < 1.29 is 14.7 Å². The maximum Gasteiger partial charge on any atom is 0.307 e. The Labute approximate surface area is 111 Å². The van der Waals surface area contributed by atoms with E-state index in [4.69, 9.17) is 5.11 Å². The van der Waals surface area contributed by atoms with Gasteiger partial charge in [-0.2, -0.15) is 0 Å². The Morgan fingerprint density at radius 2 is 2.24 bits per heavy atom. The smallest absolute Gasteiger partial charge is 0.307 e. The van der Waals surface area contributed by atoms with Gasteiger partial charge in [0, 0.05) is 11.9 Å². The van der Waals surface area contributed by atoms with Crippen molar-refractivity contribution in [2.75, 3.05) is 7.05 Å². The van der Waals surface area contributed by atoms with E-state index in [2.05, 4.69) is 15.9 Å². The fraction of sp³-hybridized carbons (Fsp3) is 0.455. The summed E-state index contributed by atoms with van der Waals surface area (Å²) in [4.78, 5) is 25.3. The fourth-order valence-corrected chi connectivity index (χ4v) is 3.31. The number of hydrogen-bond donors (Lipinski definition) is 1. The SMILES string of the molecule is CN(Cc1ccc(Br)s1)C(=O)[C@H]1C[C@@H]1C(=O)O. The monoisotopic (exact) mass is 317 g/mol. The standard InChI is InChI=1S/C11H12BrNO3S/c1-13(5-6-2-3-9(12)17-6)10(14)7-4-8(7)11(15)16/h2-3,7-8H,4-5H2,1H3,(H,15,16)/t7-,8-/m0/s1. The van der Waals surface area contributed by atoms with Gasteiger partial charge in [0.2, 0.25) is 5.91 Å². The Bertz CT molecular complexity index is 459. The van der Waals surface area contributed by atoms with Gasteiger partial charge in [-0.3, -0.25) is 9.59 Å². The lowest BCUT2D eigenvalue weighted by molar-refractivity contribution is -0.141. The van der Waals surface area contributed by atoms with E-state index in [1.54, 1.807) is 23.3 Å². The van der Waals surface area contributed by atoms with Crippen molar-refractivity contribution in [2.45, 2.75) is 13.0 Å². The maximum absolute atomic E-state index is 11.9. The zero-order chi connectivity index (χ0) is 12.6. The average Bonchev–Trinajstić information content (AvgIpc) is 2.96. The topological polar surface area (TPSA) is 57.6 Å². The van der Waals surface area contributed by atoms with Gasteiger partial charge in [0.1, 0.15) is 0 Å². The molecule has 1 aromatic rings. The van der Waals surface area contributed by atoms with E-state index in [0.717, 1.165) is 8.66 Å². The molecule has 0 bridgehead atoms. The number of amides is 1. The number of nitrogens with zero attached hydrogens (tertiary/aromatic N) is 1. The minimum Gasteiger partial charge on any atom is -0.481 e. The third-order valence-electron chi connectivity index (χ3n) is 2.82. The molecule has 1 fully saturated rings. The van der Waals surface area contributed by atoms with Crippen LogP contribution in [0.5, 0.6) is 0 Å². The quantitative estimate of drug-likeness (QED) is 0.926. The van der Waals surface area contributed by atoms with E-state index in [-0.39, 0.29) is 11.8 Å². The van der Waals surface area contributed by atoms with Crippen LogP contribution >= 0.6 is 27.3 Å². The van der Waals surface area contributed by atoms with Crippen molar-refractivity contribution in [3.63, 3.8) is 0 Å². The molecule has 0 aromatic carbocycles. The first-order valence-corrected chi connectivity index (χ1v) is 6.82. The molecule has 1 aliphatic rings. The molecular formula is C11H12BrNO3S. The Kier molecular flexibility index (Phi) is 3.53. The summed E-state index contributed by atoms with van der Waals surface area (Å²) in [5.41, 5.74) is 0. The number of carbonyl (C=O) groups is 2. The normalized spacial score (nSPS) is 22.2. The van der Waals surface area contributed by atoms with Crippen LogP contribution in [-0.2, 0) is 16.1 Å². The second kappa shape index (κ2) is 4.78. The molecule has 1 amide bonds. The van der Waals surface area contributed by atoms with Gasteiger partial charge in [0.25, 0.3) is 0 Å². The van der Waals surface area contributed by atoms with Crippen LogP contribution in [0.25, 0.3) is 0 Å². The van der Waals surface area contributed by atoms with Crippen LogP contribution in [0.2, 0.25) is 0 Å². The van der Waals surface area contributed by atoms with Gasteiger partial charge in [-0.05, 0) is 34.5 Å². The minimum atomic E-state index is -0.865. The predicted octanol–water partition coefficient (Wildman–Crippen LogP) is 2.19. The van der Waals surface area contributed by atoms with Gasteiger partial charge in [0.15, 0.2) is 0 Å². The molecule has 1 saturated carbocycles. The average molecular weight is 318 g/mol. The molecule has 0 spiro atoms. The molecule has 2 atom stereocenters. The molecule has 0 unspecified atom stereocenters. The summed E-state index contributed by atoms with van der Waals surface area (Å²) in [6.45, 7) is 0.540. The Morgan fingerprint density at radius 1 is 1.53 bits per heavy atom. The van der Waals surface area contributed by atoms with E-state index in [9.17, 15) is 9.59 Å². The van der Waals surface area contributed by atoms with Crippen LogP contribution in [0.4, 0.5) is 0 Å². The van der Waals surface area contributed by atoms with Crippen LogP contribution in [0.3, 0.4) is 0 Å². The second-order valence-electron chi connectivity index (χ2n) is 4.19. The largest absolute Gasteiger partial charge is 0.481 e. The summed E-state index contributed by atoms with van der Waals surface area (Å²) in [5, 5.41) is 8.77. The Balaban J connectivity index is 1.91. The number of carbonyl (C=O) groups excluding carboxylic acids is 1. The summed E-state index contributed by atoms with van der Waals surface area (Å²) in [6, 6.07) is 3.90. The molecule has 6 heteroatoms. The summed E-state index contributed by atoms with van der Waals surface area (Å²) >= 11 is 4.95. The Hall–Kier alpha value is -0.880. The number of carboxylic acids is 1. The van der Waals surface area contributed by atoms with E-state index < -0.39 is 11.9 Å². The molecule has 1 heterocycles. The van der Waals surface area contributed by atoms with Crippen LogP contribution in [0.1, 0.15) is 11.3 Å². The Morgan fingerprint density at radius 3 is 2.71 bits per heavy atom. The first-order chi connectivity index (χ1) is 7.99. The van der Waals surface area contributed by atoms with Crippen LogP contribution in [-0.4, -0.2) is 28.9 Å². The molecule has 92 valence electrons. The molecule has 0 aliphatic heterocycles. The van der Waals surface area contributed by atoms with Crippen molar-refractivity contribution in [1.82, 2.24) is 4.90 Å². The lowest BCUT2D eigenvalue weighted by Crippen LogP contribution is -2.28. The summed E-state index contributed by atoms with van der Waals surface area (Å²) in [5.74, 6) is -1.72. The van der Waals surface area contributed by atoms with Gasteiger partial charge < -0.3 is 10.0 Å². The molecule has 1 aromatic heterocycles. The molecule has 0 saturated heterocycles. The number of aliphatic carboxylic acids is 1. The third kappa shape index (κ3) is 2.87. The summed E-state index contributed by atoms with van der Waals surface area (Å²) in [7, 11) is 1.72. The lowest BCUT2D eigenvalue weighted by atomic mass is 10.3. The first-order valence-electron chi connectivity index (χ1n) is 5.21. The fourth-order valence-electron chi connectivity index (χ4n) is 1.77. The zero-order valence-corrected chi connectivity index (χ0v) is 11.6. The van der Waals surface area contributed by atoms with Crippen molar-refractivity contribution >= 4 is 39.1 Å². The number of thiophene rings is 1. The highest BCUT2D eigenvalue weighted by atomic mass is 79.9. The second-order valence-corrected chi connectivity index (χ2v) is 6.73. The van der Waals surface area contributed by atoms with Crippen molar-refractivity contribution in [2.24, 2.45) is 11.8 Å². The molecule has 4 nitrogen and oxygen atoms in total. The van der Waals surface area contributed by atoms with Crippen molar-refractivity contribution in [3.05, 3.63) is 20.8 Å². The van der Waals surface area contributed by atoms with E-state index in [1.165, 1.54) is 0 Å². The van der Waals surface area contributed by atoms with E-state index in [1.807, 2.05) is 12.1 Å². The molecule has 17 heavy (non-hydrogen) atoms. The van der Waals surface area contributed by atoms with Gasteiger partial charge in [-0.25, -0.2) is 0 Å². The molecular weight excluding hydrogens is 306 g/mol. The highest BCUT2D eigenvalue weighted by Gasteiger charge is 2.49. The molecule has 2 rings (SSSR count). The number of rotatable bonds is 4. The zero-order valence-electron chi connectivity index (χ0n) is 9.22. The highest BCUT2D eigenvalue weighted by molar-refractivity contribution is 9.11.